The zero-order valence-corrected chi connectivity index (χ0v) is 16.0. The number of furan rings is 1. The summed E-state index contributed by atoms with van der Waals surface area (Å²) in [5.41, 5.74) is 8.61. The molecule has 0 amide bonds. The van der Waals surface area contributed by atoms with Gasteiger partial charge in [-0.05, 0) is 42.3 Å². The molecule has 0 saturated heterocycles. The van der Waals surface area contributed by atoms with E-state index in [2.05, 4.69) is 44.2 Å². The minimum absolute atomic E-state index is 0.689. The standard InChI is InChI=1S/C23H16N6O/c1-13-4-6-24-9-17(13)14-2-3-19-16(8-14)22(29-28-19)23-26-20-11-25-10-18(21(20)27-23)15-5-7-30-12-15/h2-12H,1H3,(H,26,27)(H,28,29). The van der Waals surface area contributed by atoms with Crippen LogP contribution in [-0.2, 0) is 0 Å². The molecule has 0 aliphatic heterocycles. The van der Waals surface area contributed by atoms with E-state index in [9.17, 15) is 0 Å². The molecule has 0 aliphatic rings. The first-order valence-corrected chi connectivity index (χ1v) is 9.54. The number of aromatic amines is 2. The van der Waals surface area contributed by atoms with Gasteiger partial charge in [-0.25, -0.2) is 4.98 Å². The van der Waals surface area contributed by atoms with Gasteiger partial charge >= 0.3 is 0 Å². The van der Waals surface area contributed by atoms with Crippen molar-refractivity contribution in [2.75, 3.05) is 0 Å². The lowest BCUT2D eigenvalue weighted by Gasteiger charge is -2.05. The maximum atomic E-state index is 5.23. The Morgan fingerprint density at radius 2 is 1.83 bits per heavy atom. The summed E-state index contributed by atoms with van der Waals surface area (Å²) >= 11 is 0. The van der Waals surface area contributed by atoms with Crippen molar-refractivity contribution in [3.63, 3.8) is 0 Å². The van der Waals surface area contributed by atoms with Crippen molar-refractivity contribution in [2.45, 2.75) is 6.92 Å². The summed E-state index contributed by atoms with van der Waals surface area (Å²) in [5.74, 6) is 0.689. The molecule has 0 fully saturated rings. The van der Waals surface area contributed by atoms with E-state index in [1.54, 1.807) is 31.1 Å². The molecule has 1 aromatic carbocycles. The van der Waals surface area contributed by atoms with E-state index in [1.807, 2.05) is 24.4 Å². The van der Waals surface area contributed by atoms with Crippen LogP contribution < -0.4 is 0 Å². The number of hydrogen-bond donors (Lipinski definition) is 2. The predicted molar refractivity (Wildman–Crippen MR) is 115 cm³/mol. The fourth-order valence-corrected chi connectivity index (χ4v) is 3.80. The van der Waals surface area contributed by atoms with Crippen LogP contribution in [0.25, 0.3) is 55.7 Å². The van der Waals surface area contributed by atoms with Gasteiger partial charge in [-0.3, -0.25) is 15.1 Å². The summed E-state index contributed by atoms with van der Waals surface area (Å²) in [5, 5.41) is 8.64. The molecule has 5 aromatic heterocycles. The molecule has 6 aromatic rings. The average Bonchev–Trinajstić information content (AvgIpc) is 3.51. The number of imidazole rings is 1. The van der Waals surface area contributed by atoms with Gasteiger partial charge in [0.25, 0.3) is 0 Å². The largest absolute Gasteiger partial charge is 0.472 e. The average molecular weight is 392 g/mol. The molecule has 144 valence electrons. The van der Waals surface area contributed by atoms with E-state index >= 15 is 0 Å². The Bertz CT molecular complexity index is 1510. The SMILES string of the molecule is Cc1ccncc1-c1ccc2[nH]nc(-c3nc4c(-c5ccoc5)cncc4[nH]3)c2c1. The summed E-state index contributed by atoms with van der Waals surface area (Å²) in [6.45, 7) is 2.08. The lowest BCUT2D eigenvalue weighted by atomic mass is 10.0. The number of aryl methyl sites for hydroxylation is 1. The van der Waals surface area contributed by atoms with Crippen LogP contribution in [0.3, 0.4) is 0 Å². The normalized spacial score (nSPS) is 11.5. The number of pyridine rings is 2. The first-order valence-electron chi connectivity index (χ1n) is 9.54. The zero-order valence-electron chi connectivity index (χ0n) is 16.0. The van der Waals surface area contributed by atoms with Crippen LogP contribution in [0.5, 0.6) is 0 Å². The summed E-state index contributed by atoms with van der Waals surface area (Å²) < 4.78 is 5.23. The van der Waals surface area contributed by atoms with E-state index in [0.717, 1.165) is 49.9 Å². The molecule has 0 spiro atoms. The van der Waals surface area contributed by atoms with Crippen molar-refractivity contribution >= 4 is 21.9 Å². The molecule has 0 unspecified atom stereocenters. The zero-order chi connectivity index (χ0) is 20.1. The quantitative estimate of drug-likeness (QED) is 0.435. The summed E-state index contributed by atoms with van der Waals surface area (Å²) in [7, 11) is 0. The molecular formula is C23H16N6O. The molecule has 7 nitrogen and oxygen atoms in total. The molecule has 6 rings (SSSR count). The topological polar surface area (TPSA) is 96.3 Å². The van der Waals surface area contributed by atoms with E-state index < -0.39 is 0 Å². The number of H-pyrrole nitrogens is 2. The van der Waals surface area contributed by atoms with E-state index in [-0.39, 0.29) is 0 Å². The fourth-order valence-electron chi connectivity index (χ4n) is 3.80. The Hall–Kier alpha value is -4.26. The van der Waals surface area contributed by atoms with Gasteiger partial charge in [-0.15, -0.1) is 0 Å². The van der Waals surface area contributed by atoms with Crippen molar-refractivity contribution in [3.05, 3.63) is 73.2 Å². The van der Waals surface area contributed by atoms with Gasteiger partial charge in [0, 0.05) is 40.7 Å². The van der Waals surface area contributed by atoms with Gasteiger partial charge in [0.15, 0.2) is 5.82 Å². The molecule has 5 heterocycles. The van der Waals surface area contributed by atoms with E-state index in [1.165, 1.54) is 5.56 Å². The monoisotopic (exact) mass is 392 g/mol. The molecule has 0 radical (unpaired) electrons. The van der Waals surface area contributed by atoms with Gasteiger partial charge in [0.1, 0.15) is 11.2 Å². The van der Waals surface area contributed by atoms with Crippen molar-refractivity contribution in [1.29, 1.82) is 0 Å². The molecule has 2 N–H and O–H groups in total. The van der Waals surface area contributed by atoms with Gasteiger partial charge in [0.2, 0.25) is 0 Å². The highest BCUT2D eigenvalue weighted by molar-refractivity contribution is 5.98. The van der Waals surface area contributed by atoms with Crippen molar-refractivity contribution < 1.29 is 4.42 Å². The highest BCUT2D eigenvalue weighted by atomic mass is 16.3. The van der Waals surface area contributed by atoms with Crippen LogP contribution in [-0.4, -0.2) is 30.1 Å². The third-order valence-corrected chi connectivity index (χ3v) is 5.36. The number of nitrogens with zero attached hydrogens (tertiary/aromatic N) is 4. The molecular weight excluding hydrogens is 376 g/mol. The maximum absolute atomic E-state index is 5.23. The minimum atomic E-state index is 0.689. The van der Waals surface area contributed by atoms with Gasteiger partial charge in [-0.2, -0.15) is 5.10 Å². The molecule has 0 saturated carbocycles. The second-order valence-corrected chi connectivity index (χ2v) is 7.20. The van der Waals surface area contributed by atoms with Gasteiger partial charge in [-0.1, -0.05) is 6.07 Å². The minimum Gasteiger partial charge on any atom is -0.472 e. The van der Waals surface area contributed by atoms with Crippen LogP contribution in [0, 0.1) is 6.92 Å². The number of benzene rings is 1. The van der Waals surface area contributed by atoms with Crippen LogP contribution in [0.15, 0.2) is 72.1 Å². The molecule has 30 heavy (non-hydrogen) atoms. The van der Waals surface area contributed by atoms with Gasteiger partial charge in [0.05, 0.1) is 29.8 Å². The fraction of sp³-hybridized carbons (Fsp3) is 0.0435. The van der Waals surface area contributed by atoms with Crippen LogP contribution in [0.4, 0.5) is 0 Å². The van der Waals surface area contributed by atoms with E-state index in [0.29, 0.717) is 5.82 Å². The third-order valence-electron chi connectivity index (χ3n) is 5.36. The Kier molecular flexibility index (Phi) is 3.55. The Morgan fingerprint density at radius 1 is 0.900 bits per heavy atom. The maximum Gasteiger partial charge on any atom is 0.159 e. The first kappa shape index (κ1) is 16.7. The smallest absolute Gasteiger partial charge is 0.159 e. The number of fused-ring (bicyclic) bond motifs is 2. The van der Waals surface area contributed by atoms with Crippen LogP contribution >= 0.6 is 0 Å². The summed E-state index contributed by atoms with van der Waals surface area (Å²) in [4.78, 5) is 16.8. The Balaban J connectivity index is 1.53. The molecule has 0 bridgehead atoms. The number of hydrogen-bond acceptors (Lipinski definition) is 5. The number of aromatic nitrogens is 6. The Labute approximate surface area is 170 Å². The van der Waals surface area contributed by atoms with Crippen molar-refractivity contribution in [2.24, 2.45) is 0 Å². The highest BCUT2D eigenvalue weighted by Crippen LogP contribution is 2.33. The lowest BCUT2D eigenvalue weighted by molar-refractivity contribution is 0.568. The van der Waals surface area contributed by atoms with Crippen molar-refractivity contribution in [3.8, 4) is 33.8 Å². The first-order chi connectivity index (χ1) is 14.8. The molecule has 0 atom stereocenters. The van der Waals surface area contributed by atoms with Gasteiger partial charge < -0.3 is 9.40 Å². The highest BCUT2D eigenvalue weighted by Gasteiger charge is 2.16. The lowest BCUT2D eigenvalue weighted by Crippen LogP contribution is -1.85. The Morgan fingerprint density at radius 3 is 2.70 bits per heavy atom. The van der Waals surface area contributed by atoms with Crippen molar-refractivity contribution in [1.82, 2.24) is 30.1 Å². The number of nitrogens with one attached hydrogen (secondary N) is 2. The number of rotatable bonds is 3. The molecule has 7 heteroatoms. The van der Waals surface area contributed by atoms with E-state index in [4.69, 9.17) is 9.40 Å². The third kappa shape index (κ3) is 2.52. The van der Waals surface area contributed by atoms with Crippen LogP contribution in [0.2, 0.25) is 0 Å². The second-order valence-electron chi connectivity index (χ2n) is 7.20. The summed E-state index contributed by atoms with van der Waals surface area (Å²) in [6.07, 6.45) is 10.6. The second kappa shape index (κ2) is 6.38. The molecule has 0 aliphatic carbocycles. The summed E-state index contributed by atoms with van der Waals surface area (Å²) in [6, 6.07) is 10.2. The predicted octanol–water partition coefficient (Wildman–Crippen LogP) is 5.13. The van der Waals surface area contributed by atoms with Crippen LogP contribution in [0.1, 0.15) is 5.56 Å².